The van der Waals surface area contributed by atoms with Gasteiger partial charge in [0.05, 0.1) is 18.2 Å². The minimum atomic E-state index is -1.25. The van der Waals surface area contributed by atoms with Crippen LogP contribution in [0.25, 0.3) is 11.3 Å². The zero-order valence-electron chi connectivity index (χ0n) is 22.4. The molecule has 4 rings (SSSR count). The Morgan fingerprint density at radius 2 is 1.90 bits per heavy atom. The normalized spacial score (nSPS) is 18.1. The predicted octanol–water partition coefficient (Wildman–Crippen LogP) is 3.80. The first-order valence-electron chi connectivity index (χ1n) is 13.0. The smallest absolute Gasteiger partial charge is 0.303 e. The zero-order valence-corrected chi connectivity index (χ0v) is 22.4. The Balaban J connectivity index is 1.92. The summed E-state index contributed by atoms with van der Waals surface area (Å²) < 4.78 is 45.4. The molecule has 1 saturated heterocycles. The van der Waals surface area contributed by atoms with E-state index in [0.717, 1.165) is 23.8 Å². The van der Waals surface area contributed by atoms with E-state index in [1.54, 1.807) is 18.4 Å². The van der Waals surface area contributed by atoms with Gasteiger partial charge in [0, 0.05) is 49.3 Å². The van der Waals surface area contributed by atoms with Crippen molar-refractivity contribution in [2.75, 3.05) is 26.2 Å². The van der Waals surface area contributed by atoms with Crippen molar-refractivity contribution in [1.29, 1.82) is 0 Å². The lowest BCUT2D eigenvalue weighted by atomic mass is 9.79. The van der Waals surface area contributed by atoms with Crippen LogP contribution < -0.4 is 5.32 Å². The molecule has 1 amide bonds. The van der Waals surface area contributed by atoms with Crippen LogP contribution in [0, 0.1) is 23.0 Å². The second kappa shape index (κ2) is 12.2. The van der Waals surface area contributed by atoms with E-state index in [9.17, 15) is 33.0 Å². The maximum atomic E-state index is 14.8. The summed E-state index contributed by atoms with van der Waals surface area (Å²) in [7, 11) is 0. The van der Waals surface area contributed by atoms with Crippen molar-refractivity contribution in [3.8, 4) is 11.3 Å². The van der Waals surface area contributed by atoms with Gasteiger partial charge < -0.3 is 25.0 Å². The number of carbonyl (C=O) groups excluding carboxylic acids is 1. The Hall–Kier alpha value is -3.70. The van der Waals surface area contributed by atoms with E-state index in [1.807, 2.05) is 30.3 Å². The number of rotatable bonds is 11. The number of aromatic nitrogens is 2. The highest BCUT2D eigenvalue weighted by Gasteiger charge is 2.44. The number of nitrogens with zero attached hydrogens (tertiary/aromatic N) is 3. The molecule has 1 aliphatic heterocycles. The Bertz CT molecular complexity index is 1350. The monoisotopic (exact) mass is 558 g/mol. The third-order valence-electron chi connectivity index (χ3n) is 7.25. The Kier molecular flexibility index (Phi) is 8.95. The number of hydrogen-bond donors (Lipinski definition) is 3. The third-order valence-corrected chi connectivity index (χ3v) is 7.25. The van der Waals surface area contributed by atoms with Gasteiger partial charge in [-0.15, -0.1) is 0 Å². The molecule has 40 heavy (non-hydrogen) atoms. The van der Waals surface area contributed by atoms with Crippen LogP contribution in [0.15, 0.2) is 54.7 Å². The van der Waals surface area contributed by atoms with Crippen molar-refractivity contribution in [3.05, 3.63) is 77.8 Å². The summed E-state index contributed by atoms with van der Waals surface area (Å²) in [5.74, 6) is -3.63. The van der Waals surface area contributed by atoms with Crippen molar-refractivity contribution in [2.24, 2.45) is 11.3 Å². The van der Waals surface area contributed by atoms with Gasteiger partial charge in [-0.25, -0.2) is 18.2 Å². The number of carboxylic acid groups (broad SMARTS) is 1. The molecule has 11 heteroatoms. The van der Waals surface area contributed by atoms with Crippen LogP contribution in [0.5, 0.6) is 0 Å². The van der Waals surface area contributed by atoms with Gasteiger partial charge in [-0.05, 0) is 23.8 Å². The fourth-order valence-electron chi connectivity index (χ4n) is 5.35. The van der Waals surface area contributed by atoms with Crippen LogP contribution >= 0.6 is 0 Å². The van der Waals surface area contributed by atoms with Gasteiger partial charge in [-0.3, -0.25) is 9.59 Å². The van der Waals surface area contributed by atoms with E-state index < -0.39 is 60.1 Å². The van der Waals surface area contributed by atoms with Crippen molar-refractivity contribution >= 4 is 11.9 Å². The second-order valence-electron chi connectivity index (χ2n) is 10.8. The molecule has 3 aromatic rings. The van der Waals surface area contributed by atoms with E-state index in [0.29, 0.717) is 6.54 Å². The fraction of sp³-hybridized carbons (Fsp3) is 0.414. The number of halogens is 3. The first-order chi connectivity index (χ1) is 19.0. The molecule has 3 atom stereocenters. The molecule has 0 bridgehead atoms. The number of hydrogen-bond acceptors (Lipinski definition) is 5. The number of imidazole rings is 1. The second-order valence-corrected chi connectivity index (χ2v) is 10.8. The average molecular weight is 559 g/mol. The van der Waals surface area contributed by atoms with E-state index in [4.69, 9.17) is 0 Å². The highest BCUT2D eigenvalue weighted by Crippen LogP contribution is 2.43. The predicted molar refractivity (Wildman–Crippen MR) is 142 cm³/mol. The molecule has 0 spiro atoms. The van der Waals surface area contributed by atoms with Gasteiger partial charge >= 0.3 is 5.97 Å². The summed E-state index contributed by atoms with van der Waals surface area (Å²) in [6.07, 6.45) is -0.115. The van der Waals surface area contributed by atoms with Crippen LogP contribution in [0.2, 0.25) is 0 Å². The number of carbonyl (C=O) groups is 2. The van der Waals surface area contributed by atoms with Crippen LogP contribution in [0.3, 0.4) is 0 Å². The lowest BCUT2D eigenvalue weighted by Crippen LogP contribution is -2.48. The molecule has 2 heterocycles. The highest BCUT2D eigenvalue weighted by atomic mass is 19.1. The van der Waals surface area contributed by atoms with E-state index in [1.165, 1.54) is 11.1 Å². The van der Waals surface area contributed by atoms with Gasteiger partial charge in [-0.1, -0.05) is 44.2 Å². The molecule has 214 valence electrons. The molecule has 1 fully saturated rings. The maximum Gasteiger partial charge on any atom is 0.303 e. The molecule has 0 radical (unpaired) electrons. The molecular formula is C29H33F3N4O4. The summed E-state index contributed by atoms with van der Waals surface area (Å²) >= 11 is 0. The van der Waals surface area contributed by atoms with E-state index >= 15 is 0 Å². The topological polar surface area (TPSA) is 108 Å². The number of benzene rings is 2. The number of amides is 1. The number of aliphatic carboxylic acids is 1. The van der Waals surface area contributed by atoms with Gasteiger partial charge in [0.1, 0.15) is 30.2 Å². The number of alkyl halides is 1. The van der Waals surface area contributed by atoms with E-state index in [2.05, 4.69) is 10.3 Å². The summed E-state index contributed by atoms with van der Waals surface area (Å²) in [6, 6.07) is 11.2. The number of aliphatic hydroxyl groups excluding tert-OH is 1. The van der Waals surface area contributed by atoms with Gasteiger partial charge in [0.25, 0.3) is 0 Å². The van der Waals surface area contributed by atoms with Crippen molar-refractivity contribution < 1.29 is 33.0 Å². The standard InChI is InChI=1S/C29H33F3N4O4/c1-29(2,11-26(39)40)27(36(25(38)17-37)15-19-12-33-13-23(19)32)28-34-24(21-10-20(30)8-9-22(21)31)16-35(28)14-18-6-4-3-5-7-18/h3-10,16,19,23,27,33,37H,11-15,17H2,1-2H3,(H,39,40). The minimum absolute atomic E-state index is 0.0846. The number of aliphatic hydroxyl groups is 1. The van der Waals surface area contributed by atoms with Crippen molar-refractivity contribution in [1.82, 2.24) is 19.8 Å². The molecule has 1 aromatic heterocycles. The van der Waals surface area contributed by atoms with Gasteiger partial charge in [-0.2, -0.15) is 0 Å². The summed E-state index contributed by atoms with van der Waals surface area (Å²) in [4.78, 5) is 31.1. The fourth-order valence-corrected chi connectivity index (χ4v) is 5.35. The summed E-state index contributed by atoms with van der Waals surface area (Å²) in [6.45, 7) is 2.92. The Morgan fingerprint density at radius 1 is 1.18 bits per heavy atom. The SMILES string of the molecule is CC(C)(CC(=O)O)C(c1nc(-c2cc(F)ccc2F)cn1Cc1ccccc1)N(CC1CNCC1F)C(=O)CO. The molecular weight excluding hydrogens is 525 g/mol. The van der Waals surface area contributed by atoms with Crippen LogP contribution in [0.1, 0.15) is 37.7 Å². The average Bonchev–Trinajstić information content (AvgIpc) is 3.50. The number of carboxylic acids is 1. The largest absolute Gasteiger partial charge is 0.481 e. The lowest BCUT2D eigenvalue weighted by Gasteiger charge is -2.42. The molecule has 8 nitrogen and oxygen atoms in total. The molecule has 1 aliphatic rings. The summed E-state index contributed by atoms with van der Waals surface area (Å²) in [5, 5.41) is 22.6. The third kappa shape index (κ3) is 6.53. The zero-order chi connectivity index (χ0) is 29.0. The first kappa shape index (κ1) is 29.3. The van der Waals surface area contributed by atoms with Crippen molar-refractivity contribution in [2.45, 2.75) is 39.0 Å². The van der Waals surface area contributed by atoms with Crippen LogP contribution in [0.4, 0.5) is 13.2 Å². The van der Waals surface area contributed by atoms with Gasteiger partial charge in [0.15, 0.2) is 0 Å². The molecule has 3 N–H and O–H groups in total. The van der Waals surface area contributed by atoms with Crippen molar-refractivity contribution in [3.63, 3.8) is 0 Å². The molecule has 0 saturated carbocycles. The minimum Gasteiger partial charge on any atom is -0.481 e. The first-order valence-corrected chi connectivity index (χ1v) is 13.0. The molecule has 2 aromatic carbocycles. The lowest BCUT2D eigenvalue weighted by molar-refractivity contribution is -0.147. The molecule has 0 aliphatic carbocycles. The van der Waals surface area contributed by atoms with Crippen LogP contribution in [-0.4, -0.2) is 69.0 Å². The highest BCUT2D eigenvalue weighted by molar-refractivity contribution is 5.78. The van der Waals surface area contributed by atoms with Gasteiger partial charge in [0.2, 0.25) is 5.91 Å². The summed E-state index contributed by atoms with van der Waals surface area (Å²) in [5.41, 5.74) is -0.356. The maximum absolute atomic E-state index is 14.8. The van der Waals surface area contributed by atoms with Crippen LogP contribution in [-0.2, 0) is 16.1 Å². The molecule has 3 unspecified atom stereocenters. The quantitative estimate of drug-likeness (QED) is 0.331. The Labute approximate surface area is 230 Å². The number of nitrogens with one attached hydrogen (secondary N) is 1. The Morgan fingerprint density at radius 3 is 2.52 bits per heavy atom. The van der Waals surface area contributed by atoms with E-state index in [-0.39, 0.29) is 36.7 Å².